The Bertz CT molecular complexity index is 164. The van der Waals surface area contributed by atoms with Crippen molar-refractivity contribution in [3.63, 3.8) is 0 Å². The molecule has 3 heteroatoms. The maximum Gasteiger partial charge on any atom is 0.220 e. The molecule has 70 valence electrons. The number of primary amides is 1. The molecule has 1 fully saturated rings. The van der Waals surface area contributed by atoms with Crippen molar-refractivity contribution in [3.8, 4) is 0 Å². The molecule has 0 aromatic rings. The van der Waals surface area contributed by atoms with Gasteiger partial charge in [-0.3, -0.25) is 4.79 Å². The first-order valence-corrected chi connectivity index (χ1v) is 4.65. The summed E-state index contributed by atoms with van der Waals surface area (Å²) in [6.45, 7) is 5.09. The number of carbonyl (C=O) groups is 1. The Kier molecular flexibility index (Phi) is 3.09. The molecule has 1 aliphatic heterocycles. The molecule has 1 amide bonds. The van der Waals surface area contributed by atoms with Crippen LogP contribution >= 0.6 is 0 Å². The van der Waals surface area contributed by atoms with Crippen LogP contribution < -0.4 is 11.1 Å². The average Bonchev–Trinajstić information content (AvgIpc) is 2.53. The predicted octanol–water partition coefficient (Wildman–Crippen LogP) is 0.496. The van der Waals surface area contributed by atoms with Crippen LogP contribution in [0, 0.1) is 11.8 Å². The topological polar surface area (TPSA) is 55.1 Å². The molecule has 1 rings (SSSR count). The average molecular weight is 170 g/mol. The van der Waals surface area contributed by atoms with Crippen LogP contribution in [0.2, 0.25) is 0 Å². The molecular formula is C9H18N2O. The Balaban J connectivity index is 2.44. The van der Waals surface area contributed by atoms with Crippen LogP contribution in [0.15, 0.2) is 0 Å². The Morgan fingerprint density at radius 2 is 2.25 bits per heavy atom. The van der Waals surface area contributed by atoms with Gasteiger partial charge >= 0.3 is 0 Å². The molecule has 1 saturated heterocycles. The van der Waals surface area contributed by atoms with Gasteiger partial charge in [0.15, 0.2) is 0 Å². The van der Waals surface area contributed by atoms with Gasteiger partial charge in [-0.2, -0.15) is 0 Å². The molecule has 0 radical (unpaired) electrons. The summed E-state index contributed by atoms with van der Waals surface area (Å²) in [5, 5.41) is 3.38. The van der Waals surface area contributed by atoms with E-state index < -0.39 is 0 Å². The Morgan fingerprint density at radius 1 is 1.58 bits per heavy atom. The molecule has 3 N–H and O–H groups in total. The number of carbonyl (C=O) groups excluding carboxylic acids is 1. The van der Waals surface area contributed by atoms with E-state index in [4.69, 9.17) is 5.73 Å². The quantitative estimate of drug-likeness (QED) is 0.648. The van der Waals surface area contributed by atoms with Gasteiger partial charge in [-0.1, -0.05) is 13.8 Å². The standard InChI is InChI=1S/C9H18N2O/c1-6(7(2)9(10)12)8-4-3-5-11-8/h6-8,11H,3-5H2,1-2H3,(H2,10,12). The van der Waals surface area contributed by atoms with Gasteiger partial charge in [0.25, 0.3) is 0 Å². The monoisotopic (exact) mass is 170 g/mol. The van der Waals surface area contributed by atoms with E-state index in [2.05, 4.69) is 12.2 Å². The summed E-state index contributed by atoms with van der Waals surface area (Å²) in [7, 11) is 0. The SMILES string of the molecule is CC(C(N)=O)C(C)C1CCCN1. The lowest BCUT2D eigenvalue weighted by Crippen LogP contribution is -2.37. The summed E-state index contributed by atoms with van der Waals surface area (Å²) in [5.74, 6) is 0.168. The van der Waals surface area contributed by atoms with Crippen LogP contribution in [0.1, 0.15) is 26.7 Å². The van der Waals surface area contributed by atoms with E-state index in [9.17, 15) is 4.79 Å². The fourth-order valence-electron chi connectivity index (χ4n) is 1.77. The van der Waals surface area contributed by atoms with Crippen LogP contribution in [0.5, 0.6) is 0 Å². The van der Waals surface area contributed by atoms with E-state index in [-0.39, 0.29) is 11.8 Å². The second kappa shape index (κ2) is 3.90. The smallest absolute Gasteiger partial charge is 0.220 e. The van der Waals surface area contributed by atoms with Crippen molar-refractivity contribution < 1.29 is 4.79 Å². The zero-order valence-electron chi connectivity index (χ0n) is 7.84. The van der Waals surface area contributed by atoms with E-state index >= 15 is 0 Å². The number of hydrogen-bond acceptors (Lipinski definition) is 2. The van der Waals surface area contributed by atoms with Crippen LogP contribution in [-0.4, -0.2) is 18.5 Å². The lowest BCUT2D eigenvalue weighted by Gasteiger charge is -2.23. The van der Waals surface area contributed by atoms with Crippen molar-refractivity contribution in [1.29, 1.82) is 0 Å². The van der Waals surface area contributed by atoms with Gasteiger partial charge in [0.2, 0.25) is 5.91 Å². The Morgan fingerprint density at radius 3 is 2.67 bits per heavy atom. The molecule has 3 nitrogen and oxygen atoms in total. The number of nitrogens with two attached hydrogens (primary N) is 1. The molecule has 0 saturated carbocycles. The third kappa shape index (κ3) is 1.97. The highest BCUT2D eigenvalue weighted by Gasteiger charge is 2.27. The fraction of sp³-hybridized carbons (Fsp3) is 0.889. The van der Waals surface area contributed by atoms with Crippen LogP contribution in [0.4, 0.5) is 0 Å². The van der Waals surface area contributed by atoms with Gasteiger partial charge in [0.05, 0.1) is 0 Å². The molecule has 0 aromatic carbocycles. The number of hydrogen-bond donors (Lipinski definition) is 2. The summed E-state index contributed by atoms with van der Waals surface area (Å²) in [6.07, 6.45) is 2.40. The van der Waals surface area contributed by atoms with E-state index in [1.807, 2.05) is 6.92 Å². The number of amides is 1. The highest BCUT2D eigenvalue weighted by atomic mass is 16.1. The van der Waals surface area contributed by atoms with Crippen molar-refractivity contribution in [2.24, 2.45) is 17.6 Å². The minimum atomic E-state index is -0.184. The van der Waals surface area contributed by atoms with Crippen LogP contribution in [0.3, 0.4) is 0 Å². The summed E-state index contributed by atoms with van der Waals surface area (Å²) in [5.41, 5.74) is 5.24. The third-order valence-electron chi connectivity index (χ3n) is 2.97. The van der Waals surface area contributed by atoms with E-state index in [0.717, 1.165) is 6.54 Å². The van der Waals surface area contributed by atoms with Crippen molar-refractivity contribution in [2.45, 2.75) is 32.7 Å². The van der Waals surface area contributed by atoms with Crippen molar-refractivity contribution >= 4 is 5.91 Å². The number of rotatable bonds is 3. The fourth-order valence-corrected chi connectivity index (χ4v) is 1.77. The summed E-state index contributed by atoms with van der Waals surface area (Å²) in [4.78, 5) is 10.9. The van der Waals surface area contributed by atoms with Crippen LogP contribution in [0.25, 0.3) is 0 Å². The summed E-state index contributed by atoms with van der Waals surface area (Å²) < 4.78 is 0. The Hall–Kier alpha value is -0.570. The molecule has 0 spiro atoms. The molecule has 0 aromatic heterocycles. The van der Waals surface area contributed by atoms with E-state index in [1.165, 1.54) is 12.8 Å². The predicted molar refractivity (Wildman–Crippen MR) is 48.5 cm³/mol. The van der Waals surface area contributed by atoms with Gasteiger partial charge < -0.3 is 11.1 Å². The first-order valence-electron chi connectivity index (χ1n) is 4.65. The normalized spacial score (nSPS) is 28.3. The van der Waals surface area contributed by atoms with E-state index in [1.54, 1.807) is 0 Å². The largest absolute Gasteiger partial charge is 0.369 e. The van der Waals surface area contributed by atoms with Gasteiger partial charge in [-0.05, 0) is 25.3 Å². The number of nitrogens with one attached hydrogen (secondary N) is 1. The zero-order chi connectivity index (χ0) is 9.14. The zero-order valence-corrected chi connectivity index (χ0v) is 7.84. The van der Waals surface area contributed by atoms with Gasteiger partial charge in [-0.25, -0.2) is 0 Å². The van der Waals surface area contributed by atoms with Crippen molar-refractivity contribution in [1.82, 2.24) is 5.32 Å². The second-order valence-electron chi connectivity index (χ2n) is 3.75. The lowest BCUT2D eigenvalue weighted by molar-refractivity contribution is -0.122. The second-order valence-corrected chi connectivity index (χ2v) is 3.75. The molecular weight excluding hydrogens is 152 g/mol. The van der Waals surface area contributed by atoms with Crippen LogP contribution in [-0.2, 0) is 4.79 Å². The molecule has 12 heavy (non-hydrogen) atoms. The highest BCUT2D eigenvalue weighted by Crippen LogP contribution is 2.21. The molecule has 3 unspecified atom stereocenters. The molecule has 3 atom stereocenters. The first kappa shape index (κ1) is 9.52. The minimum Gasteiger partial charge on any atom is -0.369 e. The highest BCUT2D eigenvalue weighted by molar-refractivity contribution is 5.76. The van der Waals surface area contributed by atoms with Crippen molar-refractivity contribution in [2.75, 3.05) is 6.54 Å². The van der Waals surface area contributed by atoms with Gasteiger partial charge in [-0.15, -0.1) is 0 Å². The van der Waals surface area contributed by atoms with Gasteiger partial charge in [0.1, 0.15) is 0 Å². The lowest BCUT2D eigenvalue weighted by atomic mass is 9.88. The maximum atomic E-state index is 10.9. The first-order chi connectivity index (χ1) is 5.63. The summed E-state index contributed by atoms with van der Waals surface area (Å²) in [6, 6.07) is 0.493. The van der Waals surface area contributed by atoms with Crippen molar-refractivity contribution in [3.05, 3.63) is 0 Å². The molecule has 0 aliphatic carbocycles. The third-order valence-corrected chi connectivity index (χ3v) is 2.97. The Labute approximate surface area is 73.7 Å². The molecule has 0 bridgehead atoms. The van der Waals surface area contributed by atoms with E-state index in [0.29, 0.717) is 12.0 Å². The molecule has 1 aliphatic rings. The molecule has 1 heterocycles. The maximum absolute atomic E-state index is 10.9. The van der Waals surface area contributed by atoms with Gasteiger partial charge in [0, 0.05) is 12.0 Å². The minimum absolute atomic E-state index is 0.0133. The summed E-state index contributed by atoms with van der Waals surface area (Å²) >= 11 is 0.